The summed E-state index contributed by atoms with van der Waals surface area (Å²) < 4.78 is 31.7. The Bertz CT molecular complexity index is 685. The molecule has 0 saturated heterocycles. The van der Waals surface area contributed by atoms with Gasteiger partial charge in [0.2, 0.25) is 10.0 Å². The molecule has 1 aromatic carbocycles. The summed E-state index contributed by atoms with van der Waals surface area (Å²) in [7, 11) is -1.89. The van der Waals surface area contributed by atoms with Crippen molar-refractivity contribution in [3.63, 3.8) is 0 Å². The largest absolute Gasteiger partial charge is 0.494 e. The van der Waals surface area contributed by atoms with Crippen LogP contribution in [0.5, 0.6) is 5.75 Å². The average molecular weight is 320 g/mol. The van der Waals surface area contributed by atoms with Crippen LogP contribution in [0.3, 0.4) is 0 Å². The van der Waals surface area contributed by atoms with Gasteiger partial charge in [-0.15, -0.1) is 0 Å². The molecule has 0 spiro atoms. The number of rotatable bonds is 7. The van der Waals surface area contributed by atoms with Crippen LogP contribution in [-0.2, 0) is 16.4 Å². The van der Waals surface area contributed by atoms with E-state index in [2.05, 4.69) is 4.98 Å². The van der Waals surface area contributed by atoms with Gasteiger partial charge in [-0.3, -0.25) is 4.98 Å². The molecule has 0 aliphatic carbocycles. The quantitative estimate of drug-likeness (QED) is 0.786. The first kappa shape index (κ1) is 16.5. The van der Waals surface area contributed by atoms with Gasteiger partial charge < -0.3 is 4.74 Å². The number of benzene rings is 1. The molecule has 0 bridgehead atoms. The van der Waals surface area contributed by atoms with E-state index in [-0.39, 0.29) is 4.90 Å². The number of likely N-dealkylation sites (N-methyl/N-ethyl adjacent to an activating group) is 1. The van der Waals surface area contributed by atoms with Gasteiger partial charge in [-0.1, -0.05) is 0 Å². The average Bonchev–Trinajstić information content (AvgIpc) is 2.54. The van der Waals surface area contributed by atoms with E-state index in [0.29, 0.717) is 25.3 Å². The highest BCUT2D eigenvalue weighted by Gasteiger charge is 2.20. The molecule has 0 fully saturated rings. The zero-order valence-corrected chi connectivity index (χ0v) is 13.6. The Hall–Kier alpha value is -1.92. The molecule has 2 aromatic rings. The number of hydrogen-bond acceptors (Lipinski definition) is 4. The Kier molecular flexibility index (Phi) is 5.51. The normalized spacial score (nSPS) is 11.6. The van der Waals surface area contributed by atoms with E-state index >= 15 is 0 Å². The maximum Gasteiger partial charge on any atom is 0.242 e. The number of aromatic nitrogens is 1. The first-order valence-electron chi connectivity index (χ1n) is 7.12. The third-order valence-corrected chi connectivity index (χ3v) is 5.18. The summed E-state index contributed by atoms with van der Waals surface area (Å²) in [5, 5.41) is 0. The van der Waals surface area contributed by atoms with Crippen molar-refractivity contribution in [1.82, 2.24) is 9.29 Å². The van der Waals surface area contributed by atoms with Crippen LogP contribution in [-0.4, -0.2) is 37.9 Å². The van der Waals surface area contributed by atoms with Gasteiger partial charge in [0.15, 0.2) is 0 Å². The molecular weight excluding hydrogens is 300 g/mol. The van der Waals surface area contributed by atoms with Gasteiger partial charge in [-0.05, 0) is 55.3 Å². The van der Waals surface area contributed by atoms with E-state index < -0.39 is 10.0 Å². The third-order valence-electron chi connectivity index (χ3n) is 3.31. The molecule has 0 amide bonds. The lowest BCUT2D eigenvalue weighted by Gasteiger charge is -2.17. The maximum atomic E-state index is 12.5. The molecule has 1 aromatic heterocycles. The van der Waals surface area contributed by atoms with E-state index in [9.17, 15) is 8.42 Å². The van der Waals surface area contributed by atoms with Gasteiger partial charge in [0.05, 0.1) is 11.5 Å². The highest BCUT2D eigenvalue weighted by atomic mass is 32.2. The van der Waals surface area contributed by atoms with E-state index in [1.807, 2.05) is 19.1 Å². The second-order valence-corrected chi connectivity index (χ2v) is 6.88. The highest BCUT2D eigenvalue weighted by molar-refractivity contribution is 7.89. The summed E-state index contributed by atoms with van der Waals surface area (Å²) >= 11 is 0. The molecule has 0 unspecified atom stereocenters. The predicted octanol–water partition coefficient (Wildman–Crippen LogP) is 2.34. The first-order chi connectivity index (χ1) is 10.5. The minimum atomic E-state index is -3.48. The number of hydrogen-bond donors (Lipinski definition) is 0. The summed E-state index contributed by atoms with van der Waals surface area (Å²) in [6.07, 6.45) is 4.06. The van der Waals surface area contributed by atoms with Crippen molar-refractivity contribution < 1.29 is 13.2 Å². The van der Waals surface area contributed by atoms with Crippen molar-refractivity contribution in [3.8, 4) is 5.75 Å². The minimum absolute atomic E-state index is 0.271. The Morgan fingerprint density at radius 3 is 2.32 bits per heavy atom. The number of nitrogens with zero attached hydrogens (tertiary/aromatic N) is 2. The summed E-state index contributed by atoms with van der Waals surface area (Å²) in [6, 6.07) is 10.3. The summed E-state index contributed by atoms with van der Waals surface area (Å²) in [5.74, 6) is 0.667. The SMILES string of the molecule is CCOc1ccc(S(=O)(=O)N(C)CCc2ccncc2)cc1. The predicted molar refractivity (Wildman–Crippen MR) is 85.4 cm³/mol. The molecular formula is C16H20N2O3S. The van der Waals surface area contributed by atoms with Gasteiger partial charge >= 0.3 is 0 Å². The molecule has 22 heavy (non-hydrogen) atoms. The van der Waals surface area contributed by atoms with Crippen molar-refractivity contribution in [1.29, 1.82) is 0 Å². The second-order valence-electron chi connectivity index (χ2n) is 4.84. The van der Waals surface area contributed by atoms with Crippen LogP contribution in [0.25, 0.3) is 0 Å². The second kappa shape index (κ2) is 7.38. The van der Waals surface area contributed by atoms with Gasteiger partial charge in [-0.25, -0.2) is 12.7 Å². The van der Waals surface area contributed by atoms with Crippen LogP contribution in [0.4, 0.5) is 0 Å². The maximum absolute atomic E-state index is 12.5. The molecule has 2 rings (SSSR count). The third kappa shape index (κ3) is 4.05. The molecule has 0 radical (unpaired) electrons. The smallest absolute Gasteiger partial charge is 0.242 e. The van der Waals surface area contributed by atoms with Gasteiger partial charge in [0.25, 0.3) is 0 Å². The van der Waals surface area contributed by atoms with Crippen molar-refractivity contribution in [2.45, 2.75) is 18.2 Å². The Morgan fingerprint density at radius 1 is 1.09 bits per heavy atom. The Morgan fingerprint density at radius 2 is 1.73 bits per heavy atom. The Balaban J connectivity index is 2.05. The van der Waals surface area contributed by atoms with Crippen LogP contribution < -0.4 is 4.74 Å². The van der Waals surface area contributed by atoms with Gasteiger partial charge in [0.1, 0.15) is 5.75 Å². The van der Waals surface area contributed by atoms with Crippen LogP contribution in [0.1, 0.15) is 12.5 Å². The summed E-state index contributed by atoms with van der Waals surface area (Å²) in [4.78, 5) is 4.22. The lowest BCUT2D eigenvalue weighted by molar-refractivity contribution is 0.340. The lowest BCUT2D eigenvalue weighted by Crippen LogP contribution is -2.29. The summed E-state index contributed by atoms with van der Waals surface area (Å²) in [5.41, 5.74) is 1.06. The number of pyridine rings is 1. The number of sulfonamides is 1. The molecule has 0 aliphatic rings. The Labute approximate surface area is 131 Å². The van der Waals surface area contributed by atoms with Crippen LogP contribution in [0.2, 0.25) is 0 Å². The highest BCUT2D eigenvalue weighted by Crippen LogP contribution is 2.19. The monoisotopic (exact) mass is 320 g/mol. The fraction of sp³-hybridized carbons (Fsp3) is 0.312. The molecule has 118 valence electrons. The van der Waals surface area contributed by atoms with E-state index in [1.54, 1.807) is 43.7 Å². The van der Waals surface area contributed by atoms with Crippen molar-refractivity contribution in [3.05, 3.63) is 54.4 Å². The fourth-order valence-corrected chi connectivity index (χ4v) is 3.18. The molecule has 0 saturated carbocycles. The van der Waals surface area contributed by atoms with Gasteiger partial charge in [0, 0.05) is 26.0 Å². The van der Waals surface area contributed by atoms with Crippen molar-refractivity contribution in [2.24, 2.45) is 0 Å². The lowest BCUT2D eigenvalue weighted by atomic mass is 10.2. The standard InChI is InChI=1S/C16H20N2O3S/c1-3-21-15-4-6-16(7-5-15)22(19,20)18(2)13-10-14-8-11-17-12-9-14/h4-9,11-12H,3,10,13H2,1-2H3. The molecule has 1 heterocycles. The fourth-order valence-electron chi connectivity index (χ4n) is 2.01. The first-order valence-corrected chi connectivity index (χ1v) is 8.56. The molecule has 0 atom stereocenters. The van der Waals surface area contributed by atoms with E-state index in [1.165, 1.54) is 4.31 Å². The molecule has 0 aliphatic heterocycles. The molecule has 6 heteroatoms. The molecule has 5 nitrogen and oxygen atoms in total. The zero-order valence-electron chi connectivity index (χ0n) is 12.8. The van der Waals surface area contributed by atoms with Crippen LogP contribution >= 0.6 is 0 Å². The van der Waals surface area contributed by atoms with Crippen molar-refractivity contribution in [2.75, 3.05) is 20.2 Å². The minimum Gasteiger partial charge on any atom is -0.494 e. The zero-order chi connectivity index (χ0) is 16.0. The van der Waals surface area contributed by atoms with E-state index in [4.69, 9.17) is 4.74 Å². The van der Waals surface area contributed by atoms with Crippen molar-refractivity contribution >= 4 is 10.0 Å². The van der Waals surface area contributed by atoms with E-state index in [0.717, 1.165) is 5.56 Å². The van der Waals surface area contributed by atoms with Crippen LogP contribution in [0, 0.1) is 0 Å². The number of ether oxygens (including phenoxy) is 1. The summed E-state index contributed by atoms with van der Waals surface area (Å²) in [6.45, 7) is 2.86. The van der Waals surface area contributed by atoms with Gasteiger partial charge in [-0.2, -0.15) is 0 Å². The molecule has 0 N–H and O–H groups in total. The van der Waals surface area contributed by atoms with Crippen LogP contribution in [0.15, 0.2) is 53.7 Å². The topological polar surface area (TPSA) is 59.5 Å².